The van der Waals surface area contributed by atoms with E-state index in [9.17, 15) is 0 Å². The van der Waals surface area contributed by atoms with Crippen LogP contribution in [0.2, 0.25) is 0 Å². The summed E-state index contributed by atoms with van der Waals surface area (Å²) in [5, 5.41) is 0. The molecule has 0 aliphatic rings. The summed E-state index contributed by atoms with van der Waals surface area (Å²) in [5.41, 5.74) is 9.45. The standard InChI is InChI=1S/C13H23N3/c1-8-7-9(2)11(4)12(10(8)3)13(15-14)16(5)6/h7,13,15H,14H2,1-6H3. The SMILES string of the molecule is Cc1cc(C)c(C)c(C(NN)N(C)C)c1C. The molecule has 0 fully saturated rings. The molecule has 1 rings (SSSR count). The Kier molecular flexibility index (Phi) is 4.08. The maximum atomic E-state index is 5.65. The van der Waals surface area contributed by atoms with Gasteiger partial charge in [0, 0.05) is 0 Å². The van der Waals surface area contributed by atoms with Crippen molar-refractivity contribution >= 4 is 0 Å². The highest BCUT2D eigenvalue weighted by molar-refractivity contribution is 5.45. The van der Waals surface area contributed by atoms with Gasteiger partial charge in [0.1, 0.15) is 0 Å². The van der Waals surface area contributed by atoms with Crippen LogP contribution in [0.5, 0.6) is 0 Å². The summed E-state index contributed by atoms with van der Waals surface area (Å²) in [4.78, 5) is 2.09. The minimum absolute atomic E-state index is 0.0681. The molecule has 0 aliphatic heterocycles. The van der Waals surface area contributed by atoms with Crippen LogP contribution in [0.15, 0.2) is 6.07 Å². The predicted octanol–water partition coefficient (Wildman–Crippen LogP) is 1.94. The van der Waals surface area contributed by atoms with Crippen molar-refractivity contribution < 1.29 is 0 Å². The third-order valence-electron chi connectivity index (χ3n) is 3.37. The number of nitrogens with two attached hydrogens (primary N) is 1. The van der Waals surface area contributed by atoms with Crippen LogP contribution in [0, 0.1) is 27.7 Å². The van der Waals surface area contributed by atoms with Gasteiger partial charge < -0.3 is 0 Å². The number of nitrogens with one attached hydrogen (secondary N) is 1. The third kappa shape index (κ3) is 2.26. The first kappa shape index (κ1) is 13.2. The molecule has 3 heteroatoms. The molecule has 0 saturated heterocycles. The lowest BCUT2D eigenvalue weighted by Gasteiger charge is -2.28. The van der Waals surface area contributed by atoms with E-state index in [1.54, 1.807) is 0 Å². The van der Waals surface area contributed by atoms with Crippen molar-refractivity contribution in [2.75, 3.05) is 14.1 Å². The second kappa shape index (κ2) is 4.95. The molecule has 0 bridgehead atoms. The summed E-state index contributed by atoms with van der Waals surface area (Å²) in [6, 6.07) is 2.23. The normalized spacial score (nSPS) is 13.2. The van der Waals surface area contributed by atoms with Crippen molar-refractivity contribution in [3.8, 4) is 0 Å². The van der Waals surface area contributed by atoms with Gasteiger partial charge in [0.15, 0.2) is 0 Å². The molecule has 1 unspecified atom stereocenters. The Labute approximate surface area is 98.6 Å². The summed E-state index contributed by atoms with van der Waals surface area (Å²) >= 11 is 0. The van der Waals surface area contributed by atoms with Gasteiger partial charge >= 0.3 is 0 Å². The summed E-state index contributed by atoms with van der Waals surface area (Å²) in [6.45, 7) is 8.61. The number of hydrogen-bond acceptors (Lipinski definition) is 3. The van der Waals surface area contributed by atoms with E-state index in [2.05, 4.69) is 44.1 Å². The molecule has 16 heavy (non-hydrogen) atoms. The van der Waals surface area contributed by atoms with Gasteiger partial charge in [-0.25, -0.2) is 5.43 Å². The first-order valence-electron chi connectivity index (χ1n) is 5.60. The minimum atomic E-state index is 0.0681. The van der Waals surface area contributed by atoms with Crippen molar-refractivity contribution in [1.29, 1.82) is 0 Å². The fourth-order valence-corrected chi connectivity index (χ4v) is 2.15. The molecule has 1 aromatic rings. The topological polar surface area (TPSA) is 41.3 Å². The second-order valence-electron chi connectivity index (χ2n) is 4.71. The maximum Gasteiger partial charge on any atom is 0.0986 e. The zero-order valence-corrected chi connectivity index (χ0v) is 11.2. The second-order valence-corrected chi connectivity index (χ2v) is 4.71. The zero-order valence-electron chi connectivity index (χ0n) is 11.2. The largest absolute Gasteiger partial charge is 0.289 e. The Morgan fingerprint density at radius 2 is 1.50 bits per heavy atom. The fraction of sp³-hybridized carbons (Fsp3) is 0.538. The molecule has 3 N–H and O–H groups in total. The van der Waals surface area contributed by atoms with Crippen LogP contribution < -0.4 is 11.3 Å². The number of benzene rings is 1. The summed E-state index contributed by atoms with van der Waals surface area (Å²) in [6.07, 6.45) is 0.0681. The van der Waals surface area contributed by atoms with Crippen LogP contribution in [0.1, 0.15) is 34.0 Å². The van der Waals surface area contributed by atoms with Crippen molar-refractivity contribution in [3.63, 3.8) is 0 Å². The van der Waals surface area contributed by atoms with Crippen molar-refractivity contribution in [3.05, 3.63) is 33.9 Å². The average molecular weight is 221 g/mol. The summed E-state index contributed by atoms with van der Waals surface area (Å²) in [5.74, 6) is 5.65. The average Bonchev–Trinajstić information content (AvgIpc) is 2.21. The van der Waals surface area contributed by atoms with E-state index in [-0.39, 0.29) is 6.17 Å². The molecule has 0 heterocycles. The number of nitrogens with zero attached hydrogens (tertiary/aromatic N) is 1. The van der Waals surface area contributed by atoms with Crippen LogP contribution >= 0.6 is 0 Å². The monoisotopic (exact) mass is 221 g/mol. The molecule has 1 aromatic carbocycles. The van der Waals surface area contributed by atoms with Crippen LogP contribution in [0.25, 0.3) is 0 Å². The lowest BCUT2D eigenvalue weighted by molar-refractivity contribution is 0.251. The Bertz CT molecular complexity index is 357. The Hall–Kier alpha value is -0.900. The van der Waals surface area contributed by atoms with E-state index < -0.39 is 0 Å². The quantitative estimate of drug-likeness (QED) is 0.465. The van der Waals surface area contributed by atoms with Gasteiger partial charge in [-0.3, -0.25) is 10.7 Å². The number of rotatable bonds is 3. The zero-order chi connectivity index (χ0) is 12.5. The smallest absolute Gasteiger partial charge is 0.0986 e. The molecule has 90 valence electrons. The first-order valence-corrected chi connectivity index (χ1v) is 5.60. The molecule has 0 radical (unpaired) electrons. The molecular weight excluding hydrogens is 198 g/mol. The summed E-state index contributed by atoms with van der Waals surface area (Å²) in [7, 11) is 4.06. The molecule has 3 nitrogen and oxygen atoms in total. The van der Waals surface area contributed by atoms with E-state index in [1.165, 1.54) is 27.8 Å². The lowest BCUT2D eigenvalue weighted by Crippen LogP contribution is -2.38. The van der Waals surface area contributed by atoms with Crippen LogP contribution in [0.4, 0.5) is 0 Å². The highest BCUT2D eigenvalue weighted by Gasteiger charge is 2.18. The lowest BCUT2D eigenvalue weighted by atomic mass is 9.92. The van der Waals surface area contributed by atoms with E-state index in [1.807, 2.05) is 14.1 Å². The van der Waals surface area contributed by atoms with Gasteiger partial charge in [0.2, 0.25) is 0 Å². The molecule has 0 spiro atoms. The van der Waals surface area contributed by atoms with Crippen molar-refractivity contribution in [1.82, 2.24) is 10.3 Å². The fourth-order valence-electron chi connectivity index (χ4n) is 2.15. The number of hydrazine groups is 1. The molecule has 0 aliphatic carbocycles. The molecule has 1 atom stereocenters. The van der Waals surface area contributed by atoms with E-state index in [0.29, 0.717) is 0 Å². The Morgan fingerprint density at radius 3 is 1.81 bits per heavy atom. The van der Waals surface area contributed by atoms with Gasteiger partial charge in [-0.15, -0.1) is 0 Å². The van der Waals surface area contributed by atoms with E-state index in [4.69, 9.17) is 5.84 Å². The maximum absolute atomic E-state index is 5.65. The van der Waals surface area contributed by atoms with Crippen molar-refractivity contribution in [2.24, 2.45) is 5.84 Å². The summed E-state index contributed by atoms with van der Waals surface area (Å²) < 4.78 is 0. The third-order valence-corrected chi connectivity index (χ3v) is 3.37. The minimum Gasteiger partial charge on any atom is -0.289 e. The first-order chi connectivity index (χ1) is 7.40. The van der Waals surface area contributed by atoms with E-state index in [0.717, 1.165) is 0 Å². The van der Waals surface area contributed by atoms with Crippen molar-refractivity contribution in [2.45, 2.75) is 33.9 Å². The van der Waals surface area contributed by atoms with Crippen LogP contribution in [-0.4, -0.2) is 19.0 Å². The van der Waals surface area contributed by atoms with Gasteiger partial charge in [-0.2, -0.15) is 0 Å². The highest BCUT2D eigenvalue weighted by atomic mass is 15.4. The van der Waals surface area contributed by atoms with E-state index >= 15 is 0 Å². The molecule has 0 amide bonds. The molecular formula is C13H23N3. The molecule has 0 aromatic heterocycles. The number of aryl methyl sites for hydroxylation is 2. The van der Waals surface area contributed by atoms with Crippen LogP contribution in [0.3, 0.4) is 0 Å². The van der Waals surface area contributed by atoms with Gasteiger partial charge in [0.05, 0.1) is 6.17 Å². The Balaban J connectivity index is 3.41. The predicted molar refractivity (Wildman–Crippen MR) is 69.1 cm³/mol. The van der Waals surface area contributed by atoms with Gasteiger partial charge in [-0.1, -0.05) is 6.07 Å². The van der Waals surface area contributed by atoms with Gasteiger partial charge in [0.25, 0.3) is 0 Å². The van der Waals surface area contributed by atoms with Gasteiger partial charge in [-0.05, 0) is 69.6 Å². The number of hydrogen-bond donors (Lipinski definition) is 2. The molecule has 0 saturated carbocycles. The van der Waals surface area contributed by atoms with Crippen LogP contribution in [-0.2, 0) is 0 Å². The highest BCUT2D eigenvalue weighted by Crippen LogP contribution is 2.27. The Morgan fingerprint density at radius 1 is 1.06 bits per heavy atom.